The van der Waals surface area contributed by atoms with Crippen LogP contribution >= 0.6 is 12.2 Å². The second-order valence-electron chi connectivity index (χ2n) is 14.5. The summed E-state index contributed by atoms with van der Waals surface area (Å²) >= 11 is 4.41. The Morgan fingerprint density at radius 3 is 0.153 bits per heavy atom. The normalized spacial score (nSPS) is 3.97. The van der Waals surface area contributed by atoms with E-state index in [0.29, 0.717) is 0 Å². The van der Waals surface area contributed by atoms with Crippen molar-refractivity contribution < 1.29 is 0 Å². The third-order valence-corrected chi connectivity index (χ3v) is 7.30. The van der Waals surface area contributed by atoms with Gasteiger partial charge in [-0.1, -0.05) is 5.73 Å². The van der Waals surface area contributed by atoms with Crippen LogP contribution in [0.2, 0.25) is 0 Å². The highest BCUT2D eigenvalue weighted by atomic mass is 32.1. The first-order valence-electron chi connectivity index (χ1n) is 29.3. The highest BCUT2D eigenvalue weighted by molar-refractivity contribution is 7.78. The fraction of sp³-hybridized carbons (Fsp3) is 0. The fourth-order valence-electron chi connectivity index (χ4n) is 3.57. The van der Waals surface area contributed by atoms with Crippen molar-refractivity contribution in [3.8, 4) is 0 Å². The Kier molecular flexibility index (Phi) is 71.8. The zero-order valence-electron chi connectivity index (χ0n) is 59.1. The van der Waals surface area contributed by atoms with Gasteiger partial charge in [-0.05, 0) is 64.6 Å². The minimum Gasteiger partial charge on any atom is -0.0687 e. The molecule has 0 aliphatic heterocycles. The Morgan fingerprint density at radius 2 is 0.110 bits per heavy atom. The highest BCUT2D eigenvalue weighted by Crippen LogP contribution is 1.68. The smallest absolute Gasteiger partial charge is 0.0148 e. The molecular weight excluding hydrogens is 1440 g/mol. The van der Waals surface area contributed by atoms with Gasteiger partial charge in [-0.3, -0.25) is 0 Å². The van der Waals surface area contributed by atoms with Crippen molar-refractivity contribution in [2.24, 2.45) is 0 Å². The van der Waals surface area contributed by atoms with E-state index in [2.05, 4.69) is 683 Å². The number of thiocarbonyl (C=S) groups is 1. The second kappa shape index (κ2) is 91.6. The van der Waals surface area contributed by atoms with Crippen molar-refractivity contribution in [1.29, 1.82) is 0 Å². The molecule has 0 saturated heterocycles. The summed E-state index contributed by atoms with van der Waals surface area (Å²) in [6.45, 7) is 3.32. The van der Waals surface area contributed by atoms with Gasteiger partial charge in [0.2, 0.25) is 0 Å². The molecule has 0 amide bonds. The van der Waals surface area contributed by atoms with Gasteiger partial charge in [0.25, 0.3) is 0 Å². The Bertz CT molecular complexity index is 8880. The van der Waals surface area contributed by atoms with Crippen LogP contribution in [0.3, 0.4) is 0 Å². The lowest BCUT2D eigenvalue weighted by atomic mass is 10.6. The van der Waals surface area contributed by atoms with Crippen molar-refractivity contribution in [1.82, 2.24) is 0 Å². The maximum atomic E-state index is 4.41. The predicted molar refractivity (Wildman–Crippen MR) is 422 cm³/mol. The summed E-state index contributed by atoms with van der Waals surface area (Å²) in [7, 11) is 0. The van der Waals surface area contributed by atoms with Crippen LogP contribution < -0.4 is 0 Å². The molecule has 0 radical (unpaired) electrons. The first-order valence-corrected chi connectivity index (χ1v) is 29.7. The van der Waals surface area contributed by atoms with Gasteiger partial charge in [0.05, 0.1) is 0 Å². The van der Waals surface area contributed by atoms with Crippen molar-refractivity contribution in [3.05, 3.63) is 666 Å². The van der Waals surface area contributed by atoms with Crippen molar-refractivity contribution in [2.45, 2.75) is 0 Å². The number of hydrogen-bond donors (Lipinski definition) is 0. The quantitative estimate of drug-likeness (QED) is 0.172. The van der Waals surface area contributed by atoms with E-state index in [0.717, 1.165) is 0 Å². The van der Waals surface area contributed by atoms with Gasteiger partial charge in [0.1, 0.15) is 0 Å². The lowest BCUT2D eigenvalue weighted by Gasteiger charge is -1.41. The van der Waals surface area contributed by atoms with Gasteiger partial charge in [0.15, 0.2) is 0 Å². The van der Waals surface area contributed by atoms with Crippen LogP contribution in [0.15, 0.2) is 666 Å². The van der Waals surface area contributed by atoms with Crippen LogP contribution in [-0.2, 0) is 0 Å². The minimum absolute atomic E-state index is 2.21. The second-order valence-corrected chi connectivity index (χ2v) is 14.7. The van der Waals surface area contributed by atoms with Crippen molar-refractivity contribution >= 4 is 17.2 Å². The summed E-state index contributed by atoms with van der Waals surface area (Å²) in [6.07, 6.45) is 0. The van der Waals surface area contributed by atoms with Crippen LogP contribution in [0, 0.1) is 0 Å². The van der Waals surface area contributed by atoms with Gasteiger partial charge >= 0.3 is 0 Å². The topological polar surface area (TPSA) is 0 Å². The van der Waals surface area contributed by atoms with Crippen LogP contribution in [-0.4, -0.2) is 5.02 Å². The minimum atomic E-state index is 2.21. The molecule has 476 valence electrons. The first kappa shape index (κ1) is 92.6. The van der Waals surface area contributed by atoms with E-state index < -0.39 is 0 Å². The zero-order chi connectivity index (χ0) is 84.0. The summed E-state index contributed by atoms with van der Waals surface area (Å²) in [4.78, 5) is 0. The number of hydrogen-bond acceptors (Lipinski definition) is 1. The van der Waals surface area contributed by atoms with Gasteiger partial charge in [-0.25, -0.2) is 0 Å². The van der Waals surface area contributed by atoms with Gasteiger partial charge < -0.3 is 0 Å². The molecule has 118 heavy (non-hydrogen) atoms. The predicted octanol–water partition coefficient (Wildman–Crippen LogP) is 18.6. The summed E-state index contributed by atoms with van der Waals surface area (Å²) in [5.41, 5.74) is 287. The molecule has 0 aliphatic carbocycles. The average Bonchev–Trinajstić information content (AvgIpc) is 2.20. The molecular formula is C117H2S. The molecule has 0 spiro atoms. The molecule has 0 aromatic rings. The van der Waals surface area contributed by atoms with Crippen molar-refractivity contribution in [2.75, 3.05) is 0 Å². The lowest BCUT2D eigenvalue weighted by molar-refractivity contribution is 2.10. The Hall–Kier alpha value is -25.4. The van der Waals surface area contributed by atoms with E-state index in [1.54, 1.807) is 0 Å². The monoisotopic (exact) mass is 1440 g/mol. The Balaban J connectivity index is 6.20. The Morgan fingerprint density at radius 1 is 0.0678 bits per heavy atom. The maximum absolute atomic E-state index is 4.41. The van der Waals surface area contributed by atoms with Crippen LogP contribution in [0.4, 0.5) is 0 Å². The maximum Gasteiger partial charge on any atom is 0.0148 e. The highest BCUT2D eigenvalue weighted by Gasteiger charge is 1.52. The van der Waals surface area contributed by atoms with E-state index >= 15 is 0 Å². The van der Waals surface area contributed by atoms with E-state index in [4.69, 9.17) is 0 Å². The number of rotatable bonds is 0. The first-order chi connectivity index (χ1) is 58.9. The SMILES string of the molecule is C=C=C=C=C=C=C=C=C=C=C=C=C=C=C=C=C=C=C=C=C=C=C=C=C=C=C=C=C=C=C=C=C=C=C=C=C=C=C=C=C=C=C=C=C=C=C=C=C=C=C=C=C=C=C=C=C=C=C=C=C=C=C=C=C=C=C=C=C=C=C=C=C=C=C=C=C=C=C=C=C=C=C=C=C=C=C=C=C=C=C=C=C=C=C=C=C=C=C=C=C=C=C=C=C=C=C=C=C=C=C=C=C=C=C=C=C=S. The third kappa shape index (κ3) is 90.6. The van der Waals surface area contributed by atoms with E-state index in [1.807, 2.05) is 0 Å². The molecule has 0 atom stereocenters. The average molecular weight is 1440 g/mol. The van der Waals surface area contributed by atoms with Gasteiger partial charge in [-0.2, -0.15) is 0 Å². The van der Waals surface area contributed by atoms with E-state index in [1.165, 1.54) is 0 Å². The summed E-state index contributed by atoms with van der Waals surface area (Å²) in [5, 5.41) is 2.21. The molecule has 0 aromatic heterocycles. The molecule has 0 saturated carbocycles. The van der Waals surface area contributed by atoms with E-state index in [-0.39, 0.29) is 0 Å². The van der Waals surface area contributed by atoms with Crippen molar-refractivity contribution in [3.63, 3.8) is 0 Å². The molecule has 1 heteroatoms. The molecule has 0 unspecified atom stereocenters. The lowest BCUT2D eigenvalue weighted by Crippen LogP contribution is -1.26. The molecule has 0 N–H and O–H groups in total. The van der Waals surface area contributed by atoms with Gasteiger partial charge in [0, 0.05) is 613 Å². The molecule has 0 fully saturated rings. The van der Waals surface area contributed by atoms with Gasteiger partial charge in [-0.15, -0.1) is 0 Å². The molecule has 0 aromatic carbocycles. The van der Waals surface area contributed by atoms with Crippen LogP contribution in [0.5, 0.6) is 0 Å². The fourth-order valence-corrected chi connectivity index (χ4v) is 3.62. The molecule has 0 nitrogen and oxygen atoms in total. The summed E-state index contributed by atoms with van der Waals surface area (Å²) < 4.78 is 0. The summed E-state index contributed by atoms with van der Waals surface area (Å²) in [5.74, 6) is 0. The molecule has 0 rings (SSSR count). The van der Waals surface area contributed by atoms with Crippen LogP contribution in [0.25, 0.3) is 0 Å². The molecule has 0 aliphatic rings. The Labute approximate surface area is 677 Å². The standard InChI is InChI=1S/C117H2S/c1-2-3-4-5-6-7-8-9-10-11-12-13-14-15-16-17-18-19-20-21-22-23-24-25-26-27-28-29-30-31-32-33-34-35-36-37-38-39-40-41-42-43-44-45-46-47-48-49-50-51-52-53-54-55-56-57-58-59-60-61-62-63-64-65-66-67-68-69-70-71-72-73-74-75-76-77-78-79-80-81-82-83-84-85-86-87-88-89-90-91-92-93-94-95-96-97-98-99-100-101-102-103-104-105-106-107-108-109-110-111-112-113-114-115-116-117-118/h1H2. The van der Waals surface area contributed by atoms with E-state index in [9.17, 15) is 0 Å². The molecule has 0 bridgehead atoms. The molecule has 0 heterocycles. The van der Waals surface area contributed by atoms with Crippen LogP contribution in [0.1, 0.15) is 0 Å². The largest absolute Gasteiger partial charge is 0.0687 e. The summed E-state index contributed by atoms with van der Waals surface area (Å²) in [6, 6.07) is 0. The third-order valence-electron chi connectivity index (χ3n) is 7.20. The zero-order valence-corrected chi connectivity index (χ0v) is 59.9.